The monoisotopic (exact) mass is 1110 g/mol. The van der Waals surface area contributed by atoms with Gasteiger partial charge < -0.3 is 33.3 Å². The third-order valence-corrected chi connectivity index (χ3v) is 18.1. The molecule has 0 atom stereocenters. The number of carbonyl (C=O) groups is 6. The van der Waals surface area contributed by atoms with Gasteiger partial charge in [-0.05, 0) is 199 Å². The van der Waals surface area contributed by atoms with E-state index in [0.717, 1.165) is 62.6 Å². The van der Waals surface area contributed by atoms with E-state index in [1.807, 2.05) is 43.3 Å². The molecule has 0 amide bonds. The van der Waals surface area contributed by atoms with Gasteiger partial charge in [-0.3, -0.25) is 19.2 Å². The summed E-state index contributed by atoms with van der Waals surface area (Å²) in [7, 11) is 3.93. The highest BCUT2D eigenvalue weighted by molar-refractivity contribution is 7.22. The predicted molar refractivity (Wildman–Crippen MR) is 307 cm³/mol. The zero-order valence-corrected chi connectivity index (χ0v) is 47.8. The summed E-state index contributed by atoms with van der Waals surface area (Å²) >= 11 is 1.34. The summed E-state index contributed by atoms with van der Waals surface area (Å²) in [5, 5.41) is 0.660. The second kappa shape index (κ2) is 27.7. The fourth-order valence-corrected chi connectivity index (χ4v) is 12.9. The van der Waals surface area contributed by atoms with Crippen molar-refractivity contribution in [2.75, 3.05) is 19.0 Å². The summed E-state index contributed by atoms with van der Waals surface area (Å²) in [6.07, 6.45) is 18.0. The standard InChI is InChI=1S/C65H78N2O12S/c1-5-7-9-41-11-15-44(16-12-41)60(68)74-51-31-21-46(22-32-51)62(70)76-53-35-25-48(26-36-53)64(72)78-55-39-40-56(58-57(55)66-59(80-58)43-19-29-50(30-20-43)67(3)4)79-65(73)49-27-37-54(38-28-49)77-63(71)47-23-33-52(34-24-47)75-61(69)45-17-13-42(14-18-45)10-8-6-2/h19-24,29-34,39-42,44-45,48-49,53-54H,5-18,25-28,35-38H2,1-4H3. The molecule has 0 unspecified atom stereocenters. The second-order valence-corrected chi connectivity index (χ2v) is 23.9. The number of benzene rings is 4. The van der Waals surface area contributed by atoms with Crippen LogP contribution >= 0.6 is 11.3 Å². The number of esters is 6. The molecule has 4 aliphatic carbocycles. The molecule has 0 bridgehead atoms. The Morgan fingerprint density at radius 3 is 1.27 bits per heavy atom. The molecule has 0 N–H and O–H groups in total. The third-order valence-electron chi connectivity index (χ3n) is 17.0. The third kappa shape index (κ3) is 15.2. The van der Waals surface area contributed by atoms with Gasteiger partial charge >= 0.3 is 35.8 Å². The first-order valence-corrected chi connectivity index (χ1v) is 30.3. The van der Waals surface area contributed by atoms with Gasteiger partial charge in [-0.15, -0.1) is 11.3 Å². The van der Waals surface area contributed by atoms with Crippen molar-refractivity contribution in [1.29, 1.82) is 0 Å². The van der Waals surface area contributed by atoms with Crippen molar-refractivity contribution in [2.24, 2.45) is 35.5 Å². The molecule has 80 heavy (non-hydrogen) atoms. The van der Waals surface area contributed by atoms with E-state index in [1.165, 1.54) is 49.9 Å². The average Bonchev–Trinajstić information content (AvgIpc) is 4.00. The molecular weight excluding hydrogens is 1030 g/mol. The van der Waals surface area contributed by atoms with Crippen molar-refractivity contribution in [2.45, 2.75) is 167 Å². The number of fused-ring (bicyclic) bond motifs is 1. The Bertz CT molecular complexity index is 2730. The molecule has 14 nitrogen and oxygen atoms in total. The summed E-state index contributed by atoms with van der Waals surface area (Å²) in [6, 6.07) is 24.2. The van der Waals surface area contributed by atoms with Gasteiger partial charge in [-0.2, -0.15) is 0 Å². The van der Waals surface area contributed by atoms with Crippen LogP contribution in [-0.2, 0) is 28.7 Å². The molecule has 15 heteroatoms. The summed E-state index contributed by atoms with van der Waals surface area (Å²) in [6.45, 7) is 4.41. The summed E-state index contributed by atoms with van der Waals surface area (Å²) in [5.74, 6) is -0.477. The second-order valence-electron chi connectivity index (χ2n) is 22.9. The van der Waals surface area contributed by atoms with Crippen molar-refractivity contribution in [3.8, 4) is 33.6 Å². The average molecular weight is 1110 g/mol. The molecule has 5 aromatic rings. The van der Waals surface area contributed by atoms with Crippen LogP contribution in [0.1, 0.15) is 176 Å². The topological polar surface area (TPSA) is 174 Å². The van der Waals surface area contributed by atoms with Gasteiger partial charge in [0.15, 0.2) is 11.5 Å². The summed E-state index contributed by atoms with van der Waals surface area (Å²) < 4.78 is 36.0. The number of hydrogen-bond donors (Lipinski definition) is 0. The van der Waals surface area contributed by atoms with Crippen molar-refractivity contribution in [1.82, 2.24) is 4.98 Å². The van der Waals surface area contributed by atoms with Crippen molar-refractivity contribution >= 4 is 63.1 Å². The Labute approximate surface area is 474 Å². The van der Waals surface area contributed by atoms with Gasteiger partial charge in [-0.25, -0.2) is 14.6 Å². The van der Waals surface area contributed by atoms with E-state index in [4.69, 9.17) is 33.4 Å². The number of ether oxygens (including phenoxy) is 6. The molecule has 0 aliphatic heterocycles. The van der Waals surface area contributed by atoms with Crippen molar-refractivity contribution in [3.63, 3.8) is 0 Å². The van der Waals surface area contributed by atoms with Crippen LogP contribution in [-0.4, -0.2) is 67.1 Å². The highest BCUT2D eigenvalue weighted by Gasteiger charge is 2.34. The maximum Gasteiger partial charge on any atom is 0.338 e. The molecule has 1 aromatic heterocycles. The fourth-order valence-electron chi connectivity index (χ4n) is 11.9. The van der Waals surface area contributed by atoms with E-state index in [0.29, 0.717) is 107 Å². The zero-order valence-electron chi connectivity index (χ0n) is 47.0. The highest BCUT2D eigenvalue weighted by Crippen LogP contribution is 2.43. The number of thiazole rings is 1. The van der Waals surface area contributed by atoms with Crippen LogP contribution in [0.2, 0.25) is 0 Å². The Morgan fingerprint density at radius 2 is 0.863 bits per heavy atom. The minimum absolute atomic E-state index is 0.0961. The first kappa shape index (κ1) is 58.1. The maximum absolute atomic E-state index is 13.9. The van der Waals surface area contributed by atoms with E-state index in [2.05, 4.69) is 13.8 Å². The van der Waals surface area contributed by atoms with Gasteiger partial charge in [0.25, 0.3) is 0 Å². The molecule has 426 valence electrons. The fraction of sp³-hybridized carbons (Fsp3) is 0.523. The van der Waals surface area contributed by atoms with Crippen LogP contribution in [0.25, 0.3) is 20.8 Å². The maximum atomic E-state index is 13.9. The van der Waals surface area contributed by atoms with Gasteiger partial charge in [0, 0.05) is 25.3 Å². The van der Waals surface area contributed by atoms with E-state index in [9.17, 15) is 28.8 Å². The Morgan fingerprint density at radius 1 is 0.475 bits per heavy atom. The van der Waals surface area contributed by atoms with Crippen molar-refractivity contribution in [3.05, 3.63) is 96.1 Å². The molecule has 4 aromatic carbocycles. The van der Waals surface area contributed by atoms with Crippen LogP contribution in [0, 0.1) is 35.5 Å². The number of rotatable bonds is 20. The minimum atomic E-state index is -0.475. The molecule has 4 fully saturated rings. The lowest BCUT2D eigenvalue weighted by Crippen LogP contribution is -2.30. The summed E-state index contributed by atoms with van der Waals surface area (Å²) in [5.41, 5.74) is 2.98. The van der Waals surface area contributed by atoms with Crippen LogP contribution in [0.15, 0.2) is 84.9 Å². The number of anilines is 1. The highest BCUT2D eigenvalue weighted by atomic mass is 32.1. The van der Waals surface area contributed by atoms with E-state index in [1.54, 1.807) is 60.7 Å². The first-order valence-electron chi connectivity index (χ1n) is 29.5. The number of nitrogens with zero attached hydrogens (tertiary/aromatic N) is 2. The normalized spacial score (nSPS) is 23.1. The van der Waals surface area contributed by atoms with Crippen molar-refractivity contribution < 1.29 is 57.2 Å². The minimum Gasteiger partial charge on any atom is -0.459 e. The van der Waals surface area contributed by atoms with Gasteiger partial charge in [-0.1, -0.05) is 52.4 Å². The molecule has 0 radical (unpaired) electrons. The SMILES string of the molecule is CCCCC1CCC(C(=O)Oc2ccc(C(=O)OC3CCC(C(=O)Oc4ccc(OC(=O)C5CCC(OC(=O)c6ccc(OC(=O)C7CCC(CCCC)CC7)cc6)CC5)c5sc(-c6ccc(N(C)C)cc6)nc45)CC3)cc2)CC1. The Kier molecular flexibility index (Phi) is 20.1. The van der Waals surface area contributed by atoms with Crippen LogP contribution in [0.5, 0.6) is 23.0 Å². The molecule has 0 saturated heterocycles. The number of unbranched alkanes of at least 4 members (excludes halogenated alkanes) is 2. The van der Waals surface area contributed by atoms with Crippen LogP contribution in [0.3, 0.4) is 0 Å². The first-order chi connectivity index (χ1) is 38.8. The summed E-state index contributed by atoms with van der Waals surface area (Å²) in [4.78, 5) is 86.9. The molecule has 0 spiro atoms. The quantitative estimate of drug-likeness (QED) is 0.0532. The van der Waals surface area contributed by atoms with Gasteiger partial charge in [0.05, 0.1) is 34.8 Å². The molecule has 1 heterocycles. The molecule has 4 aliphatic rings. The molecular formula is C65H78N2O12S. The van der Waals surface area contributed by atoms with E-state index >= 15 is 0 Å². The Hall–Kier alpha value is -6.61. The number of carbonyl (C=O) groups excluding carboxylic acids is 6. The van der Waals surface area contributed by atoms with E-state index in [-0.39, 0.29) is 41.7 Å². The van der Waals surface area contributed by atoms with E-state index < -0.39 is 35.7 Å². The lowest BCUT2D eigenvalue weighted by molar-refractivity contribution is -0.141. The smallest absolute Gasteiger partial charge is 0.338 e. The zero-order chi connectivity index (χ0) is 56.1. The number of hydrogen-bond acceptors (Lipinski definition) is 15. The van der Waals surface area contributed by atoms with Gasteiger partial charge in [0.2, 0.25) is 0 Å². The lowest BCUT2D eigenvalue weighted by Gasteiger charge is -2.27. The number of aromatic nitrogens is 1. The Balaban J connectivity index is 0.757. The largest absolute Gasteiger partial charge is 0.459 e. The van der Waals surface area contributed by atoms with Crippen LogP contribution in [0.4, 0.5) is 5.69 Å². The molecule has 4 saturated carbocycles. The van der Waals surface area contributed by atoms with Crippen LogP contribution < -0.4 is 23.8 Å². The predicted octanol–water partition coefficient (Wildman–Crippen LogP) is 14.5. The molecule has 9 rings (SSSR count). The van der Waals surface area contributed by atoms with Gasteiger partial charge in [0.1, 0.15) is 38.9 Å². The lowest BCUT2D eigenvalue weighted by atomic mass is 9.80.